The lowest BCUT2D eigenvalue weighted by Crippen LogP contribution is -2.48. The second kappa shape index (κ2) is 10.8. The third-order valence-electron chi connectivity index (χ3n) is 4.06. The Balaban J connectivity index is 3.16. The van der Waals surface area contributed by atoms with Crippen molar-refractivity contribution in [3.05, 3.63) is 18.0 Å². The molecule has 0 spiro atoms. The maximum atomic E-state index is 13.4. The SMILES string of the molecule is CCCNC(=O)CN(CCC)C(=O)[C@@H](c1cnn(C)c1)N(C)C(=O)OC(C)(C)C. The second-order valence-corrected chi connectivity index (χ2v) is 8.05. The van der Waals surface area contributed by atoms with Gasteiger partial charge in [0.2, 0.25) is 5.91 Å². The minimum atomic E-state index is -0.941. The molecule has 0 unspecified atom stereocenters. The van der Waals surface area contributed by atoms with E-state index in [9.17, 15) is 14.4 Å². The fourth-order valence-electron chi connectivity index (χ4n) is 2.76. The zero-order valence-electron chi connectivity index (χ0n) is 18.7. The number of nitrogens with one attached hydrogen (secondary N) is 1. The number of amides is 3. The summed E-state index contributed by atoms with van der Waals surface area (Å²) in [7, 11) is 3.26. The molecule has 9 heteroatoms. The summed E-state index contributed by atoms with van der Waals surface area (Å²) in [5.74, 6) is -0.571. The summed E-state index contributed by atoms with van der Waals surface area (Å²) in [6, 6.07) is -0.941. The van der Waals surface area contributed by atoms with E-state index in [1.54, 1.807) is 44.9 Å². The molecule has 0 aliphatic heterocycles. The van der Waals surface area contributed by atoms with Gasteiger partial charge in [0.1, 0.15) is 11.6 Å². The van der Waals surface area contributed by atoms with Crippen LogP contribution in [-0.2, 0) is 21.4 Å². The number of aryl methyl sites for hydroxylation is 1. The summed E-state index contributed by atoms with van der Waals surface area (Å²) < 4.78 is 7.01. The number of nitrogens with zero attached hydrogens (tertiary/aromatic N) is 4. The summed E-state index contributed by atoms with van der Waals surface area (Å²) in [5.41, 5.74) is -0.141. The van der Waals surface area contributed by atoms with Gasteiger partial charge in [-0.05, 0) is 33.6 Å². The van der Waals surface area contributed by atoms with Crippen LogP contribution in [0.4, 0.5) is 4.79 Å². The monoisotopic (exact) mass is 409 g/mol. The van der Waals surface area contributed by atoms with Crippen molar-refractivity contribution >= 4 is 17.9 Å². The lowest BCUT2D eigenvalue weighted by Gasteiger charge is -2.33. The lowest BCUT2D eigenvalue weighted by molar-refractivity contribution is -0.140. The zero-order valence-corrected chi connectivity index (χ0v) is 18.7. The van der Waals surface area contributed by atoms with Crippen molar-refractivity contribution in [2.45, 2.75) is 59.1 Å². The number of likely N-dealkylation sites (N-methyl/N-ethyl adjacent to an activating group) is 1. The van der Waals surface area contributed by atoms with E-state index in [0.29, 0.717) is 25.1 Å². The van der Waals surface area contributed by atoms with E-state index in [-0.39, 0.29) is 18.4 Å². The van der Waals surface area contributed by atoms with Crippen molar-refractivity contribution in [1.29, 1.82) is 0 Å². The molecule has 0 saturated carbocycles. The van der Waals surface area contributed by atoms with Crippen LogP contribution >= 0.6 is 0 Å². The average Bonchev–Trinajstić information content (AvgIpc) is 3.04. The first-order valence-corrected chi connectivity index (χ1v) is 10.00. The van der Waals surface area contributed by atoms with E-state index >= 15 is 0 Å². The van der Waals surface area contributed by atoms with Crippen LogP contribution in [0.15, 0.2) is 12.4 Å². The summed E-state index contributed by atoms with van der Waals surface area (Å²) in [5, 5.41) is 6.92. The molecule has 0 aromatic carbocycles. The minimum Gasteiger partial charge on any atom is -0.444 e. The Kier molecular flexibility index (Phi) is 9.13. The van der Waals surface area contributed by atoms with Gasteiger partial charge in [0.15, 0.2) is 0 Å². The van der Waals surface area contributed by atoms with Gasteiger partial charge < -0.3 is 15.0 Å². The molecule has 0 radical (unpaired) electrons. The summed E-state index contributed by atoms with van der Waals surface area (Å²) in [6.07, 6.45) is 4.11. The van der Waals surface area contributed by atoms with Crippen molar-refractivity contribution in [1.82, 2.24) is 24.9 Å². The first-order valence-electron chi connectivity index (χ1n) is 10.00. The molecule has 0 saturated heterocycles. The highest BCUT2D eigenvalue weighted by Gasteiger charge is 2.35. The second-order valence-electron chi connectivity index (χ2n) is 8.05. The largest absolute Gasteiger partial charge is 0.444 e. The summed E-state index contributed by atoms with van der Waals surface area (Å²) >= 11 is 0. The van der Waals surface area contributed by atoms with Crippen LogP contribution in [0.25, 0.3) is 0 Å². The molecule has 1 heterocycles. The first kappa shape index (κ1) is 24.5. The van der Waals surface area contributed by atoms with Gasteiger partial charge in [0.05, 0.1) is 12.7 Å². The van der Waals surface area contributed by atoms with Crippen LogP contribution in [0.3, 0.4) is 0 Å². The summed E-state index contributed by atoms with van der Waals surface area (Å²) in [6.45, 7) is 10.1. The van der Waals surface area contributed by atoms with Crippen LogP contribution < -0.4 is 5.32 Å². The third kappa shape index (κ3) is 7.75. The van der Waals surface area contributed by atoms with Gasteiger partial charge in [0, 0.05) is 38.9 Å². The van der Waals surface area contributed by atoms with Gasteiger partial charge in [-0.25, -0.2) is 4.79 Å². The van der Waals surface area contributed by atoms with Gasteiger partial charge in [-0.2, -0.15) is 5.10 Å². The van der Waals surface area contributed by atoms with Crippen LogP contribution in [0.1, 0.15) is 59.1 Å². The van der Waals surface area contributed by atoms with Gasteiger partial charge >= 0.3 is 6.09 Å². The zero-order chi connectivity index (χ0) is 22.2. The van der Waals surface area contributed by atoms with E-state index in [4.69, 9.17) is 4.74 Å². The number of carbonyl (C=O) groups is 3. The maximum Gasteiger partial charge on any atom is 0.410 e. The van der Waals surface area contributed by atoms with Gasteiger partial charge in [-0.3, -0.25) is 19.2 Å². The highest BCUT2D eigenvalue weighted by atomic mass is 16.6. The molecule has 0 bridgehead atoms. The highest BCUT2D eigenvalue weighted by molar-refractivity contribution is 5.90. The number of rotatable bonds is 9. The first-order chi connectivity index (χ1) is 13.5. The molecule has 1 atom stereocenters. The molecule has 1 aromatic rings. The fourth-order valence-corrected chi connectivity index (χ4v) is 2.76. The van der Waals surface area contributed by atoms with Crippen LogP contribution in [-0.4, -0.2) is 69.8 Å². The lowest BCUT2D eigenvalue weighted by atomic mass is 10.1. The van der Waals surface area contributed by atoms with E-state index in [2.05, 4.69) is 10.4 Å². The predicted octanol–water partition coefficient (Wildman–Crippen LogP) is 2.09. The molecule has 29 heavy (non-hydrogen) atoms. The third-order valence-corrected chi connectivity index (χ3v) is 4.06. The quantitative estimate of drug-likeness (QED) is 0.674. The topological polar surface area (TPSA) is 96.8 Å². The Hall–Kier alpha value is -2.58. The van der Waals surface area contributed by atoms with Crippen molar-refractivity contribution in [2.75, 3.05) is 26.7 Å². The molecule has 164 valence electrons. The molecule has 0 aliphatic rings. The molecular weight excluding hydrogens is 374 g/mol. The van der Waals surface area contributed by atoms with E-state index in [1.165, 1.54) is 16.8 Å². The number of carbonyl (C=O) groups excluding carboxylic acids is 3. The minimum absolute atomic E-state index is 0.0639. The van der Waals surface area contributed by atoms with Crippen molar-refractivity contribution in [2.24, 2.45) is 7.05 Å². The Morgan fingerprint density at radius 2 is 1.90 bits per heavy atom. The molecule has 0 fully saturated rings. The Morgan fingerprint density at radius 3 is 2.38 bits per heavy atom. The molecule has 9 nitrogen and oxygen atoms in total. The van der Waals surface area contributed by atoms with Gasteiger partial charge in [0.25, 0.3) is 5.91 Å². The predicted molar refractivity (Wildman–Crippen MR) is 110 cm³/mol. The normalized spacial score (nSPS) is 12.2. The van der Waals surface area contributed by atoms with Crippen LogP contribution in [0.2, 0.25) is 0 Å². The molecule has 1 aromatic heterocycles. The molecule has 1 rings (SSSR count). The van der Waals surface area contributed by atoms with Crippen molar-refractivity contribution < 1.29 is 19.1 Å². The Labute approximate surface area is 173 Å². The average molecular weight is 410 g/mol. The summed E-state index contributed by atoms with van der Waals surface area (Å²) in [4.78, 5) is 41.0. The highest BCUT2D eigenvalue weighted by Crippen LogP contribution is 2.24. The van der Waals surface area contributed by atoms with E-state index in [0.717, 1.165) is 6.42 Å². The van der Waals surface area contributed by atoms with Crippen LogP contribution in [0, 0.1) is 0 Å². The Bertz CT molecular complexity index is 695. The van der Waals surface area contributed by atoms with Gasteiger partial charge in [-0.1, -0.05) is 13.8 Å². The molecule has 1 N–H and O–H groups in total. The van der Waals surface area contributed by atoms with Gasteiger partial charge in [-0.15, -0.1) is 0 Å². The van der Waals surface area contributed by atoms with Crippen LogP contribution in [0.5, 0.6) is 0 Å². The van der Waals surface area contributed by atoms with E-state index < -0.39 is 17.7 Å². The number of ether oxygens (including phenoxy) is 1. The van der Waals surface area contributed by atoms with E-state index in [1.807, 2.05) is 13.8 Å². The number of hydrogen-bond donors (Lipinski definition) is 1. The maximum absolute atomic E-state index is 13.4. The number of aromatic nitrogens is 2. The molecule has 0 aliphatic carbocycles. The van der Waals surface area contributed by atoms with Crippen molar-refractivity contribution in [3.63, 3.8) is 0 Å². The Morgan fingerprint density at radius 1 is 1.24 bits per heavy atom. The number of hydrogen-bond acceptors (Lipinski definition) is 5. The fraction of sp³-hybridized carbons (Fsp3) is 0.700. The molecule has 3 amide bonds. The molecular formula is C20H35N5O4. The smallest absolute Gasteiger partial charge is 0.410 e. The van der Waals surface area contributed by atoms with Crippen molar-refractivity contribution in [3.8, 4) is 0 Å². The standard InChI is InChI=1S/C20H35N5O4/c1-8-10-21-16(26)14-25(11-9-2)18(27)17(15-12-22-23(6)13-15)24(7)19(28)29-20(3,4)5/h12-13,17H,8-11,14H2,1-7H3,(H,21,26)/t17-/m1/s1.